The third kappa shape index (κ3) is 5.62. The molecule has 1 unspecified atom stereocenters. The highest BCUT2D eigenvalue weighted by atomic mass is 35.5. The Balaban J connectivity index is 0.00000156. The first kappa shape index (κ1) is 21.8. The predicted molar refractivity (Wildman–Crippen MR) is 104 cm³/mol. The Morgan fingerprint density at radius 1 is 1.24 bits per heavy atom. The van der Waals surface area contributed by atoms with E-state index in [1.807, 2.05) is 0 Å². The monoisotopic (exact) mass is 423 g/mol. The lowest BCUT2D eigenvalue weighted by molar-refractivity contribution is 0.0939. The maximum atomic E-state index is 12.1. The third-order valence-electron chi connectivity index (χ3n) is 3.52. The number of pyridine rings is 1. The third-order valence-corrected chi connectivity index (χ3v) is 4.33. The van der Waals surface area contributed by atoms with Crippen molar-refractivity contribution in [2.45, 2.75) is 12.5 Å². The van der Waals surface area contributed by atoms with Gasteiger partial charge in [-0.25, -0.2) is 4.98 Å². The molecule has 1 aromatic carbocycles. The number of hydrogen-bond donors (Lipinski definition) is 2. The molecule has 1 saturated heterocycles. The largest absolute Gasteiger partial charge is 0.437 e. The average molecular weight is 425 g/mol. The molecule has 0 saturated carbocycles. The Morgan fingerprint density at radius 2 is 2.04 bits per heavy atom. The van der Waals surface area contributed by atoms with Gasteiger partial charge in [0.05, 0.1) is 10.6 Å². The predicted octanol–water partition coefficient (Wildman–Crippen LogP) is 4.12. The molecule has 1 aliphatic heterocycles. The van der Waals surface area contributed by atoms with Crippen molar-refractivity contribution in [2.75, 3.05) is 13.1 Å². The fourth-order valence-electron chi connectivity index (χ4n) is 2.30. The van der Waals surface area contributed by atoms with E-state index < -0.39 is 0 Å². The summed E-state index contributed by atoms with van der Waals surface area (Å²) in [6, 6.07) is 8.57. The van der Waals surface area contributed by atoms with Gasteiger partial charge in [-0.3, -0.25) is 4.79 Å². The Hall–Kier alpha value is -1.24. The van der Waals surface area contributed by atoms with Gasteiger partial charge in [0.25, 0.3) is 5.91 Å². The number of hydrogen-bond acceptors (Lipinski definition) is 4. The summed E-state index contributed by atoms with van der Waals surface area (Å²) in [5, 5.41) is 6.90. The highest BCUT2D eigenvalue weighted by molar-refractivity contribution is 6.42. The van der Waals surface area contributed by atoms with Gasteiger partial charge in [-0.1, -0.05) is 29.3 Å². The van der Waals surface area contributed by atoms with Crippen LogP contribution in [-0.2, 0) is 0 Å². The normalized spacial score (nSPS) is 15.7. The summed E-state index contributed by atoms with van der Waals surface area (Å²) >= 11 is 12.0. The molecule has 3 rings (SSSR count). The standard InChI is InChI=1S/C16H15Cl2N3O2.2ClH/c17-12-2-1-3-13(15(12)18)23-14-5-4-10(8-20-14)16(22)21-11-6-7-19-9-11;;/h1-5,8,11,19H,6-7,9H2,(H,21,22);2*1H. The minimum absolute atomic E-state index is 0. The zero-order valence-corrected chi connectivity index (χ0v) is 16.1. The van der Waals surface area contributed by atoms with Crippen LogP contribution < -0.4 is 15.4 Å². The van der Waals surface area contributed by atoms with E-state index in [1.165, 1.54) is 6.20 Å². The molecule has 5 nitrogen and oxygen atoms in total. The number of carbonyl (C=O) groups is 1. The summed E-state index contributed by atoms with van der Waals surface area (Å²) in [5.41, 5.74) is 0.487. The molecular formula is C16H17Cl4N3O2. The van der Waals surface area contributed by atoms with Crippen molar-refractivity contribution in [2.24, 2.45) is 0 Å². The summed E-state index contributed by atoms with van der Waals surface area (Å²) < 4.78 is 5.59. The van der Waals surface area contributed by atoms with Crippen molar-refractivity contribution < 1.29 is 9.53 Å². The summed E-state index contributed by atoms with van der Waals surface area (Å²) in [7, 11) is 0. The average Bonchev–Trinajstić information content (AvgIpc) is 3.05. The Labute approximate surface area is 168 Å². The van der Waals surface area contributed by atoms with Gasteiger partial charge in [-0.05, 0) is 31.2 Å². The summed E-state index contributed by atoms with van der Waals surface area (Å²) in [5.74, 6) is 0.618. The Bertz CT molecular complexity index is 707. The second-order valence-electron chi connectivity index (χ2n) is 5.20. The van der Waals surface area contributed by atoms with Gasteiger partial charge >= 0.3 is 0 Å². The van der Waals surface area contributed by atoms with Crippen molar-refractivity contribution in [3.63, 3.8) is 0 Å². The van der Waals surface area contributed by atoms with Crippen LogP contribution in [0.25, 0.3) is 0 Å². The van der Waals surface area contributed by atoms with E-state index in [1.54, 1.807) is 30.3 Å². The second-order valence-corrected chi connectivity index (χ2v) is 5.99. The quantitative estimate of drug-likeness (QED) is 0.774. The molecular weight excluding hydrogens is 408 g/mol. The van der Waals surface area contributed by atoms with Gasteiger partial charge < -0.3 is 15.4 Å². The number of ether oxygens (including phenoxy) is 1. The van der Waals surface area contributed by atoms with E-state index in [9.17, 15) is 4.79 Å². The SMILES string of the molecule is Cl.Cl.O=C(NC1CCNC1)c1ccc(Oc2cccc(Cl)c2Cl)nc1. The van der Waals surface area contributed by atoms with Crippen LogP contribution in [0.4, 0.5) is 0 Å². The zero-order chi connectivity index (χ0) is 16.2. The summed E-state index contributed by atoms with van der Waals surface area (Å²) in [6.07, 6.45) is 2.42. The number of amides is 1. The maximum absolute atomic E-state index is 12.1. The molecule has 0 aliphatic carbocycles. The number of nitrogens with zero attached hydrogens (tertiary/aromatic N) is 1. The van der Waals surface area contributed by atoms with Crippen molar-refractivity contribution >= 4 is 53.9 Å². The van der Waals surface area contributed by atoms with Gasteiger partial charge in [0, 0.05) is 24.8 Å². The fraction of sp³-hybridized carbons (Fsp3) is 0.250. The molecule has 0 radical (unpaired) electrons. The van der Waals surface area contributed by atoms with Crippen LogP contribution in [0.5, 0.6) is 11.6 Å². The van der Waals surface area contributed by atoms with Gasteiger partial charge in [-0.15, -0.1) is 24.8 Å². The van der Waals surface area contributed by atoms with E-state index >= 15 is 0 Å². The molecule has 2 aromatic rings. The highest BCUT2D eigenvalue weighted by Crippen LogP contribution is 2.33. The molecule has 0 bridgehead atoms. The molecule has 1 fully saturated rings. The maximum Gasteiger partial charge on any atom is 0.253 e. The molecule has 136 valence electrons. The molecule has 9 heteroatoms. The van der Waals surface area contributed by atoms with Gasteiger partial charge in [0.15, 0.2) is 0 Å². The van der Waals surface area contributed by atoms with Crippen molar-refractivity contribution in [3.8, 4) is 11.6 Å². The van der Waals surface area contributed by atoms with Crippen molar-refractivity contribution in [3.05, 3.63) is 52.1 Å². The molecule has 1 amide bonds. The van der Waals surface area contributed by atoms with Gasteiger partial charge in [0.2, 0.25) is 5.88 Å². The fourth-order valence-corrected chi connectivity index (χ4v) is 2.63. The van der Waals surface area contributed by atoms with Crippen LogP contribution in [0.3, 0.4) is 0 Å². The number of benzene rings is 1. The van der Waals surface area contributed by atoms with Crippen LogP contribution in [-0.4, -0.2) is 30.0 Å². The molecule has 1 atom stereocenters. The molecule has 25 heavy (non-hydrogen) atoms. The van der Waals surface area contributed by atoms with Crippen LogP contribution in [0, 0.1) is 0 Å². The van der Waals surface area contributed by atoms with Crippen LogP contribution in [0.15, 0.2) is 36.5 Å². The summed E-state index contributed by atoms with van der Waals surface area (Å²) in [4.78, 5) is 16.3. The van der Waals surface area contributed by atoms with E-state index in [4.69, 9.17) is 27.9 Å². The van der Waals surface area contributed by atoms with Gasteiger partial charge in [0.1, 0.15) is 10.8 Å². The lowest BCUT2D eigenvalue weighted by Crippen LogP contribution is -2.36. The van der Waals surface area contributed by atoms with E-state index in [0.29, 0.717) is 27.2 Å². The first-order chi connectivity index (χ1) is 11.1. The zero-order valence-electron chi connectivity index (χ0n) is 13.0. The van der Waals surface area contributed by atoms with E-state index in [0.717, 1.165) is 19.5 Å². The topological polar surface area (TPSA) is 63.2 Å². The van der Waals surface area contributed by atoms with Crippen LogP contribution in [0.1, 0.15) is 16.8 Å². The number of rotatable bonds is 4. The number of aromatic nitrogens is 1. The summed E-state index contributed by atoms with van der Waals surface area (Å²) in [6.45, 7) is 1.73. The molecule has 1 aliphatic rings. The molecule has 1 aromatic heterocycles. The smallest absolute Gasteiger partial charge is 0.253 e. The minimum Gasteiger partial charge on any atom is -0.437 e. The minimum atomic E-state index is -0.140. The van der Waals surface area contributed by atoms with Crippen LogP contribution in [0.2, 0.25) is 10.0 Å². The lowest BCUT2D eigenvalue weighted by atomic mass is 10.2. The first-order valence-electron chi connectivity index (χ1n) is 7.23. The van der Waals surface area contributed by atoms with Crippen molar-refractivity contribution in [1.82, 2.24) is 15.6 Å². The lowest BCUT2D eigenvalue weighted by Gasteiger charge is -2.11. The van der Waals surface area contributed by atoms with E-state index in [2.05, 4.69) is 15.6 Å². The number of carbonyl (C=O) groups excluding carboxylic acids is 1. The first-order valence-corrected chi connectivity index (χ1v) is 7.98. The molecule has 2 N–H and O–H groups in total. The number of nitrogens with one attached hydrogen (secondary N) is 2. The van der Waals surface area contributed by atoms with Gasteiger partial charge in [-0.2, -0.15) is 0 Å². The second kappa shape index (κ2) is 10.0. The van der Waals surface area contributed by atoms with E-state index in [-0.39, 0.29) is 36.8 Å². The Kier molecular flexibility index (Phi) is 8.76. The highest BCUT2D eigenvalue weighted by Gasteiger charge is 2.17. The van der Waals surface area contributed by atoms with Crippen LogP contribution >= 0.6 is 48.0 Å². The number of halogens is 4. The molecule has 2 heterocycles. The van der Waals surface area contributed by atoms with Crippen molar-refractivity contribution in [1.29, 1.82) is 0 Å². The molecule has 0 spiro atoms. The Morgan fingerprint density at radius 3 is 2.68 bits per heavy atom.